The molecule has 1 aromatic heterocycles. The number of thiophene rings is 1. The Bertz CT molecular complexity index is 364. The highest BCUT2D eigenvalue weighted by molar-refractivity contribution is 7.17. The Balaban J connectivity index is 2.34. The number of carbonyl (C=O) groups is 2. The number of esters is 1. The largest absolute Gasteiger partial charge is 0.469 e. The Morgan fingerprint density at radius 3 is 2.80 bits per heavy atom. The van der Waals surface area contributed by atoms with Gasteiger partial charge in [-0.3, -0.25) is 9.59 Å². The summed E-state index contributed by atoms with van der Waals surface area (Å²) >= 11 is 6.87. The average Bonchev–Trinajstić information content (AvgIpc) is 2.64. The average molecular weight is 248 g/mol. The van der Waals surface area contributed by atoms with Crippen molar-refractivity contribution < 1.29 is 14.3 Å². The standard InChI is InChI=1S/C9H10ClNO3S/c1-14-8(12)4-5-11-9(13)6-2-3-7(10)15-6/h2-3H,4-5H2,1H3,(H,11,13). The van der Waals surface area contributed by atoms with Crippen molar-refractivity contribution in [3.63, 3.8) is 0 Å². The van der Waals surface area contributed by atoms with E-state index in [1.165, 1.54) is 18.4 Å². The summed E-state index contributed by atoms with van der Waals surface area (Å²) in [6, 6.07) is 3.29. The lowest BCUT2D eigenvalue weighted by molar-refractivity contribution is -0.140. The Morgan fingerprint density at radius 2 is 2.27 bits per heavy atom. The molecule has 1 heterocycles. The Labute approximate surface area is 96.2 Å². The molecule has 0 unspecified atom stereocenters. The number of nitrogens with one attached hydrogen (secondary N) is 1. The number of rotatable bonds is 4. The Hall–Kier alpha value is -1.07. The first-order valence-corrected chi connectivity index (χ1v) is 5.43. The van der Waals surface area contributed by atoms with E-state index in [0.717, 1.165) is 0 Å². The van der Waals surface area contributed by atoms with Crippen LogP contribution in [0.25, 0.3) is 0 Å². The molecular formula is C9H10ClNO3S. The molecule has 0 atom stereocenters. The molecular weight excluding hydrogens is 238 g/mol. The van der Waals surface area contributed by atoms with Gasteiger partial charge in [-0.2, -0.15) is 0 Å². The van der Waals surface area contributed by atoms with Crippen molar-refractivity contribution in [2.24, 2.45) is 0 Å². The van der Waals surface area contributed by atoms with E-state index >= 15 is 0 Å². The molecule has 1 aromatic rings. The van der Waals surface area contributed by atoms with E-state index in [9.17, 15) is 9.59 Å². The third-order valence-electron chi connectivity index (χ3n) is 1.64. The molecule has 15 heavy (non-hydrogen) atoms. The third kappa shape index (κ3) is 3.89. The maximum absolute atomic E-state index is 11.4. The number of ether oxygens (including phenoxy) is 1. The van der Waals surface area contributed by atoms with Crippen LogP contribution in [-0.4, -0.2) is 25.5 Å². The van der Waals surface area contributed by atoms with Crippen LogP contribution in [-0.2, 0) is 9.53 Å². The van der Waals surface area contributed by atoms with Crippen LogP contribution in [0.1, 0.15) is 16.1 Å². The molecule has 0 radical (unpaired) electrons. The predicted molar refractivity (Wildman–Crippen MR) is 58.3 cm³/mol. The van der Waals surface area contributed by atoms with Crippen LogP contribution in [0, 0.1) is 0 Å². The highest BCUT2D eigenvalue weighted by Gasteiger charge is 2.08. The minimum absolute atomic E-state index is 0.168. The van der Waals surface area contributed by atoms with Crippen LogP contribution in [0.4, 0.5) is 0 Å². The van der Waals surface area contributed by atoms with Crippen LogP contribution in [0.5, 0.6) is 0 Å². The maximum Gasteiger partial charge on any atom is 0.307 e. The van der Waals surface area contributed by atoms with Crippen molar-refractivity contribution in [2.45, 2.75) is 6.42 Å². The van der Waals surface area contributed by atoms with Gasteiger partial charge in [0.25, 0.3) is 5.91 Å². The van der Waals surface area contributed by atoms with Gasteiger partial charge in [-0.05, 0) is 12.1 Å². The van der Waals surface area contributed by atoms with Crippen LogP contribution >= 0.6 is 22.9 Å². The summed E-state index contributed by atoms with van der Waals surface area (Å²) in [6.07, 6.45) is 0.168. The third-order valence-corrected chi connectivity index (χ3v) is 2.87. The van der Waals surface area contributed by atoms with Gasteiger partial charge in [0, 0.05) is 6.54 Å². The minimum Gasteiger partial charge on any atom is -0.469 e. The first-order chi connectivity index (χ1) is 7.13. The normalized spacial score (nSPS) is 9.73. The van der Waals surface area contributed by atoms with E-state index in [2.05, 4.69) is 10.1 Å². The monoisotopic (exact) mass is 247 g/mol. The summed E-state index contributed by atoms with van der Waals surface area (Å²) in [4.78, 5) is 22.7. The van der Waals surface area contributed by atoms with Gasteiger partial charge in [0.2, 0.25) is 0 Å². The lowest BCUT2D eigenvalue weighted by Crippen LogP contribution is -2.25. The number of hydrogen-bond acceptors (Lipinski definition) is 4. The molecule has 0 aliphatic heterocycles. The summed E-state index contributed by atoms with van der Waals surface area (Å²) in [5, 5.41) is 2.59. The SMILES string of the molecule is COC(=O)CCNC(=O)c1ccc(Cl)s1. The van der Waals surface area contributed by atoms with Crippen molar-refractivity contribution in [3.05, 3.63) is 21.3 Å². The van der Waals surface area contributed by atoms with Gasteiger partial charge in [0.05, 0.1) is 22.7 Å². The molecule has 0 spiro atoms. The van der Waals surface area contributed by atoms with Crippen molar-refractivity contribution >= 4 is 34.8 Å². The number of hydrogen-bond donors (Lipinski definition) is 1. The lowest BCUT2D eigenvalue weighted by atomic mass is 10.4. The second-order valence-corrected chi connectivity index (χ2v) is 4.40. The zero-order valence-electron chi connectivity index (χ0n) is 8.08. The molecule has 1 N–H and O–H groups in total. The first kappa shape index (κ1) is 12.0. The Kier molecular flexibility index (Phi) is 4.58. The van der Waals surface area contributed by atoms with E-state index in [1.807, 2.05) is 0 Å². The molecule has 0 aromatic carbocycles. The van der Waals surface area contributed by atoms with Crippen molar-refractivity contribution in [1.29, 1.82) is 0 Å². The molecule has 0 aliphatic rings. The predicted octanol–water partition coefficient (Wildman–Crippen LogP) is 1.69. The first-order valence-electron chi connectivity index (χ1n) is 4.24. The van der Waals surface area contributed by atoms with E-state index in [-0.39, 0.29) is 24.8 Å². The van der Waals surface area contributed by atoms with Crippen LogP contribution < -0.4 is 5.32 Å². The van der Waals surface area contributed by atoms with Gasteiger partial charge < -0.3 is 10.1 Å². The highest BCUT2D eigenvalue weighted by Crippen LogP contribution is 2.20. The van der Waals surface area contributed by atoms with Crippen LogP contribution in [0.3, 0.4) is 0 Å². The zero-order valence-corrected chi connectivity index (χ0v) is 9.65. The van der Waals surface area contributed by atoms with Gasteiger partial charge >= 0.3 is 5.97 Å². The summed E-state index contributed by atoms with van der Waals surface area (Å²) in [5.41, 5.74) is 0. The summed E-state index contributed by atoms with van der Waals surface area (Å²) in [7, 11) is 1.31. The van der Waals surface area contributed by atoms with E-state index in [1.54, 1.807) is 12.1 Å². The van der Waals surface area contributed by atoms with Gasteiger partial charge in [0.1, 0.15) is 0 Å². The molecule has 4 nitrogen and oxygen atoms in total. The van der Waals surface area contributed by atoms with Gasteiger partial charge in [-0.1, -0.05) is 11.6 Å². The van der Waals surface area contributed by atoms with Gasteiger partial charge in [-0.15, -0.1) is 11.3 Å². The van der Waals surface area contributed by atoms with E-state index < -0.39 is 0 Å². The smallest absolute Gasteiger partial charge is 0.307 e. The molecule has 82 valence electrons. The molecule has 0 aliphatic carbocycles. The van der Waals surface area contributed by atoms with Crippen molar-refractivity contribution in [1.82, 2.24) is 5.32 Å². The fourth-order valence-corrected chi connectivity index (χ4v) is 1.86. The summed E-state index contributed by atoms with van der Waals surface area (Å²) in [6.45, 7) is 0.265. The van der Waals surface area contributed by atoms with Crippen LogP contribution in [0.15, 0.2) is 12.1 Å². The topological polar surface area (TPSA) is 55.4 Å². The molecule has 1 amide bonds. The van der Waals surface area contributed by atoms with Gasteiger partial charge in [0.15, 0.2) is 0 Å². The molecule has 0 bridgehead atoms. The number of halogens is 1. The second-order valence-electron chi connectivity index (χ2n) is 2.69. The number of methoxy groups -OCH3 is 1. The summed E-state index contributed by atoms with van der Waals surface area (Å²) in [5.74, 6) is -0.574. The van der Waals surface area contributed by atoms with Crippen molar-refractivity contribution in [3.8, 4) is 0 Å². The molecule has 0 saturated heterocycles. The minimum atomic E-state index is -0.348. The quantitative estimate of drug-likeness (QED) is 0.824. The molecule has 1 rings (SSSR count). The summed E-state index contributed by atoms with van der Waals surface area (Å²) < 4.78 is 5.00. The molecule has 0 fully saturated rings. The molecule has 6 heteroatoms. The van der Waals surface area contributed by atoms with E-state index in [4.69, 9.17) is 11.6 Å². The van der Waals surface area contributed by atoms with Gasteiger partial charge in [-0.25, -0.2) is 0 Å². The van der Waals surface area contributed by atoms with Crippen LogP contribution in [0.2, 0.25) is 4.34 Å². The lowest BCUT2D eigenvalue weighted by Gasteiger charge is -2.01. The second kappa shape index (κ2) is 5.72. The fraction of sp³-hybridized carbons (Fsp3) is 0.333. The Morgan fingerprint density at radius 1 is 1.53 bits per heavy atom. The van der Waals surface area contributed by atoms with Crippen molar-refractivity contribution in [2.75, 3.05) is 13.7 Å². The fourth-order valence-electron chi connectivity index (χ4n) is 0.904. The highest BCUT2D eigenvalue weighted by atomic mass is 35.5. The zero-order chi connectivity index (χ0) is 11.3. The number of amides is 1. The number of carbonyl (C=O) groups excluding carboxylic acids is 2. The van der Waals surface area contributed by atoms with E-state index in [0.29, 0.717) is 9.21 Å². The maximum atomic E-state index is 11.4. The molecule has 0 saturated carbocycles.